The Morgan fingerprint density at radius 1 is 1.44 bits per heavy atom. The SMILES string of the molecule is CC(C)NCCc1nc2ccc(Cl)cc2[nH]1. The van der Waals surface area contributed by atoms with E-state index in [0.29, 0.717) is 6.04 Å². The highest BCUT2D eigenvalue weighted by Gasteiger charge is 2.03. The Labute approximate surface area is 100 Å². The molecular formula is C12H16ClN3. The maximum atomic E-state index is 5.91. The van der Waals surface area contributed by atoms with Crippen LogP contribution in [0.4, 0.5) is 0 Å². The van der Waals surface area contributed by atoms with Crippen LogP contribution in [0.25, 0.3) is 11.0 Å². The zero-order valence-corrected chi connectivity index (χ0v) is 10.3. The van der Waals surface area contributed by atoms with Crippen molar-refractivity contribution < 1.29 is 0 Å². The van der Waals surface area contributed by atoms with Crippen LogP contribution in [-0.4, -0.2) is 22.6 Å². The minimum absolute atomic E-state index is 0.513. The molecule has 4 heteroatoms. The first kappa shape index (κ1) is 11.4. The van der Waals surface area contributed by atoms with Crippen molar-refractivity contribution in [3.05, 3.63) is 29.0 Å². The Morgan fingerprint density at radius 3 is 3.00 bits per heavy atom. The summed E-state index contributed by atoms with van der Waals surface area (Å²) in [6.07, 6.45) is 0.907. The van der Waals surface area contributed by atoms with Crippen LogP contribution in [0.5, 0.6) is 0 Å². The summed E-state index contributed by atoms with van der Waals surface area (Å²) in [7, 11) is 0. The highest BCUT2D eigenvalue weighted by molar-refractivity contribution is 6.31. The summed E-state index contributed by atoms with van der Waals surface area (Å²) in [4.78, 5) is 7.77. The van der Waals surface area contributed by atoms with Crippen molar-refractivity contribution in [2.45, 2.75) is 26.3 Å². The number of imidazole rings is 1. The molecular weight excluding hydrogens is 222 g/mol. The first-order chi connectivity index (χ1) is 7.65. The van der Waals surface area contributed by atoms with E-state index in [1.54, 1.807) is 0 Å². The topological polar surface area (TPSA) is 40.7 Å². The van der Waals surface area contributed by atoms with Gasteiger partial charge in [-0.2, -0.15) is 0 Å². The van der Waals surface area contributed by atoms with Gasteiger partial charge in [0.1, 0.15) is 5.82 Å². The summed E-state index contributed by atoms with van der Waals surface area (Å²) in [6.45, 7) is 5.21. The monoisotopic (exact) mass is 237 g/mol. The molecule has 1 heterocycles. The van der Waals surface area contributed by atoms with E-state index in [0.717, 1.165) is 34.8 Å². The van der Waals surface area contributed by atoms with Gasteiger partial charge in [-0.15, -0.1) is 0 Å². The van der Waals surface area contributed by atoms with Crippen molar-refractivity contribution in [3.8, 4) is 0 Å². The van der Waals surface area contributed by atoms with Gasteiger partial charge in [0.25, 0.3) is 0 Å². The quantitative estimate of drug-likeness (QED) is 0.859. The predicted octanol–water partition coefficient (Wildman–Crippen LogP) is 2.76. The van der Waals surface area contributed by atoms with Crippen molar-refractivity contribution in [2.24, 2.45) is 0 Å². The molecule has 0 saturated heterocycles. The molecule has 0 saturated carbocycles. The predicted molar refractivity (Wildman–Crippen MR) is 67.9 cm³/mol. The standard InChI is InChI=1S/C12H16ClN3/c1-8(2)14-6-5-12-15-10-4-3-9(13)7-11(10)16-12/h3-4,7-8,14H,5-6H2,1-2H3,(H,15,16). The molecule has 0 bridgehead atoms. The Bertz CT molecular complexity index is 476. The number of nitrogens with one attached hydrogen (secondary N) is 2. The van der Waals surface area contributed by atoms with Gasteiger partial charge in [0, 0.05) is 24.0 Å². The molecule has 1 aromatic carbocycles. The van der Waals surface area contributed by atoms with Gasteiger partial charge in [-0.25, -0.2) is 4.98 Å². The van der Waals surface area contributed by atoms with Crippen molar-refractivity contribution in [1.29, 1.82) is 0 Å². The third-order valence-electron chi connectivity index (χ3n) is 2.41. The first-order valence-corrected chi connectivity index (χ1v) is 5.90. The number of rotatable bonds is 4. The zero-order chi connectivity index (χ0) is 11.5. The van der Waals surface area contributed by atoms with Crippen molar-refractivity contribution in [3.63, 3.8) is 0 Å². The largest absolute Gasteiger partial charge is 0.342 e. The minimum Gasteiger partial charge on any atom is -0.342 e. The third kappa shape index (κ3) is 2.74. The minimum atomic E-state index is 0.513. The molecule has 16 heavy (non-hydrogen) atoms. The number of benzene rings is 1. The molecule has 2 aromatic rings. The van der Waals surface area contributed by atoms with E-state index in [1.807, 2.05) is 18.2 Å². The Balaban J connectivity index is 2.08. The Kier molecular flexibility index (Phi) is 3.46. The molecule has 2 N–H and O–H groups in total. The molecule has 0 unspecified atom stereocenters. The highest BCUT2D eigenvalue weighted by Crippen LogP contribution is 2.17. The van der Waals surface area contributed by atoms with E-state index in [1.165, 1.54) is 0 Å². The summed E-state index contributed by atoms with van der Waals surface area (Å²) in [5.74, 6) is 1.01. The molecule has 86 valence electrons. The Hall–Kier alpha value is -1.06. The van der Waals surface area contributed by atoms with E-state index >= 15 is 0 Å². The van der Waals surface area contributed by atoms with Crippen LogP contribution in [0.2, 0.25) is 5.02 Å². The van der Waals surface area contributed by atoms with Gasteiger partial charge >= 0.3 is 0 Å². The Morgan fingerprint density at radius 2 is 2.25 bits per heavy atom. The molecule has 3 nitrogen and oxygen atoms in total. The molecule has 0 atom stereocenters. The lowest BCUT2D eigenvalue weighted by molar-refractivity contribution is 0.585. The van der Waals surface area contributed by atoms with Gasteiger partial charge in [0.15, 0.2) is 0 Å². The fourth-order valence-electron chi connectivity index (χ4n) is 1.63. The van der Waals surface area contributed by atoms with Gasteiger partial charge in [-0.3, -0.25) is 0 Å². The number of fused-ring (bicyclic) bond motifs is 1. The average molecular weight is 238 g/mol. The molecule has 0 radical (unpaired) electrons. The normalized spacial score (nSPS) is 11.5. The van der Waals surface area contributed by atoms with Gasteiger partial charge < -0.3 is 10.3 Å². The van der Waals surface area contributed by atoms with Crippen LogP contribution in [0.3, 0.4) is 0 Å². The second-order valence-corrected chi connectivity index (χ2v) is 4.64. The van der Waals surface area contributed by atoms with Crippen LogP contribution < -0.4 is 5.32 Å². The molecule has 0 spiro atoms. The number of hydrogen-bond donors (Lipinski definition) is 2. The molecule has 0 aliphatic carbocycles. The van der Waals surface area contributed by atoms with Crippen LogP contribution >= 0.6 is 11.6 Å². The summed E-state index contributed by atoms with van der Waals surface area (Å²) in [5.41, 5.74) is 1.98. The molecule has 0 aliphatic rings. The molecule has 0 aliphatic heterocycles. The molecule has 2 rings (SSSR count). The molecule has 0 fully saturated rings. The second-order valence-electron chi connectivity index (χ2n) is 4.20. The summed E-state index contributed by atoms with van der Waals surface area (Å²) in [6, 6.07) is 6.22. The van der Waals surface area contributed by atoms with Crippen LogP contribution in [-0.2, 0) is 6.42 Å². The van der Waals surface area contributed by atoms with E-state index < -0.39 is 0 Å². The van der Waals surface area contributed by atoms with Crippen molar-refractivity contribution in [2.75, 3.05) is 6.54 Å². The van der Waals surface area contributed by atoms with Crippen LogP contribution in [0, 0.1) is 0 Å². The van der Waals surface area contributed by atoms with Crippen LogP contribution in [0.1, 0.15) is 19.7 Å². The van der Waals surface area contributed by atoms with E-state index in [4.69, 9.17) is 11.6 Å². The number of aromatic nitrogens is 2. The average Bonchev–Trinajstić information content (AvgIpc) is 2.58. The van der Waals surface area contributed by atoms with E-state index in [2.05, 4.69) is 29.1 Å². The van der Waals surface area contributed by atoms with Crippen LogP contribution in [0.15, 0.2) is 18.2 Å². The zero-order valence-electron chi connectivity index (χ0n) is 9.55. The lowest BCUT2D eigenvalue weighted by atomic mass is 10.3. The number of hydrogen-bond acceptors (Lipinski definition) is 2. The van der Waals surface area contributed by atoms with Crippen molar-refractivity contribution in [1.82, 2.24) is 15.3 Å². The summed E-state index contributed by atoms with van der Waals surface area (Å²) < 4.78 is 0. The number of nitrogens with zero attached hydrogens (tertiary/aromatic N) is 1. The second kappa shape index (κ2) is 4.85. The molecule has 1 aromatic heterocycles. The van der Waals surface area contributed by atoms with Crippen molar-refractivity contribution >= 4 is 22.6 Å². The van der Waals surface area contributed by atoms with E-state index in [9.17, 15) is 0 Å². The van der Waals surface area contributed by atoms with Gasteiger partial charge in [0.2, 0.25) is 0 Å². The first-order valence-electron chi connectivity index (χ1n) is 5.52. The third-order valence-corrected chi connectivity index (χ3v) is 2.64. The number of aromatic amines is 1. The number of H-pyrrole nitrogens is 1. The maximum Gasteiger partial charge on any atom is 0.108 e. The number of halogens is 1. The lowest BCUT2D eigenvalue weighted by Gasteiger charge is -2.05. The fraction of sp³-hybridized carbons (Fsp3) is 0.417. The summed E-state index contributed by atoms with van der Waals surface area (Å²) in [5, 5.41) is 4.10. The van der Waals surface area contributed by atoms with Gasteiger partial charge in [-0.05, 0) is 18.2 Å². The maximum absolute atomic E-state index is 5.91. The highest BCUT2D eigenvalue weighted by atomic mass is 35.5. The van der Waals surface area contributed by atoms with E-state index in [-0.39, 0.29) is 0 Å². The van der Waals surface area contributed by atoms with Gasteiger partial charge in [-0.1, -0.05) is 25.4 Å². The molecule has 0 amide bonds. The lowest BCUT2D eigenvalue weighted by Crippen LogP contribution is -2.25. The summed E-state index contributed by atoms with van der Waals surface area (Å²) >= 11 is 5.91. The fourth-order valence-corrected chi connectivity index (χ4v) is 1.80. The smallest absolute Gasteiger partial charge is 0.108 e. The van der Waals surface area contributed by atoms with Gasteiger partial charge in [0.05, 0.1) is 11.0 Å².